The van der Waals surface area contributed by atoms with Gasteiger partial charge in [0.1, 0.15) is 5.82 Å². The summed E-state index contributed by atoms with van der Waals surface area (Å²) in [6.07, 6.45) is 0. The van der Waals surface area contributed by atoms with E-state index in [1.54, 1.807) is 10.7 Å². The summed E-state index contributed by atoms with van der Waals surface area (Å²) in [5, 5.41) is 4.41. The Labute approximate surface area is 113 Å². The maximum absolute atomic E-state index is 13.1. The molecule has 90 valence electrons. The number of aromatic nitrogens is 2. The molecule has 0 aliphatic heterocycles. The van der Waals surface area contributed by atoms with Crippen molar-refractivity contribution in [2.45, 2.75) is 19.7 Å². The maximum atomic E-state index is 13.1. The molecule has 2 aromatic rings. The van der Waals surface area contributed by atoms with Gasteiger partial charge in [0.05, 0.1) is 21.5 Å². The number of halogens is 3. The van der Waals surface area contributed by atoms with Crippen LogP contribution in [-0.4, -0.2) is 9.78 Å². The molecule has 0 spiro atoms. The van der Waals surface area contributed by atoms with Crippen LogP contribution in [0.25, 0.3) is 5.69 Å². The van der Waals surface area contributed by atoms with Gasteiger partial charge in [-0.1, -0.05) is 0 Å². The first kappa shape index (κ1) is 12.6. The molecule has 0 fully saturated rings. The third-order valence-corrected chi connectivity index (χ3v) is 4.05. The van der Waals surface area contributed by atoms with Crippen molar-refractivity contribution in [3.05, 3.63) is 45.4 Å². The Morgan fingerprint density at radius 1 is 1.41 bits per heavy atom. The topological polar surface area (TPSA) is 17.8 Å². The van der Waals surface area contributed by atoms with Crippen molar-refractivity contribution in [2.75, 3.05) is 0 Å². The molecule has 1 aromatic carbocycles. The molecule has 2 nitrogen and oxygen atoms in total. The Kier molecular flexibility index (Phi) is 3.54. The molecule has 0 aliphatic rings. The molecule has 1 aromatic heterocycles. The Morgan fingerprint density at radius 3 is 2.65 bits per heavy atom. The van der Waals surface area contributed by atoms with E-state index in [-0.39, 0.29) is 11.7 Å². The molecule has 1 heterocycles. The van der Waals surface area contributed by atoms with Crippen LogP contribution in [0.3, 0.4) is 0 Å². The van der Waals surface area contributed by atoms with E-state index in [0.29, 0.717) is 0 Å². The van der Waals surface area contributed by atoms with Gasteiger partial charge >= 0.3 is 0 Å². The molecule has 0 bridgehead atoms. The van der Waals surface area contributed by atoms with Crippen LogP contribution in [0.15, 0.2) is 22.7 Å². The Bertz CT molecular complexity index is 566. The summed E-state index contributed by atoms with van der Waals surface area (Å²) in [4.78, 5) is 0. The second-order valence-electron chi connectivity index (χ2n) is 3.80. The quantitative estimate of drug-likeness (QED) is 0.762. The van der Waals surface area contributed by atoms with Crippen molar-refractivity contribution >= 4 is 27.5 Å². The van der Waals surface area contributed by atoms with Gasteiger partial charge in [-0.2, -0.15) is 5.10 Å². The zero-order valence-electron chi connectivity index (χ0n) is 9.47. The average Bonchev–Trinajstić information content (AvgIpc) is 2.57. The summed E-state index contributed by atoms with van der Waals surface area (Å²) in [6, 6.07) is 4.54. The lowest BCUT2D eigenvalue weighted by atomic mass is 10.2. The SMILES string of the molecule is Cc1nn(-c2ccc(F)cc2CCl)c(C)c1Br. The largest absolute Gasteiger partial charge is 0.236 e. The zero-order valence-corrected chi connectivity index (χ0v) is 11.8. The van der Waals surface area contributed by atoms with E-state index in [1.807, 2.05) is 13.8 Å². The first-order chi connectivity index (χ1) is 8.04. The van der Waals surface area contributed by atoms with E-state index in [4.69, 9.17) is 11.6 Å². The predicted octanol–water partition coefficient (Wildman–Crippen LogP) is 4.13. The highest BCUT2D eigenvalue weighted by Crippen LogP contribution is 2.25. The van der Waals surface area contributed by atoms with Gasteiger partial charge in [0, 0.05) is 5.88 Å². The normalized spacial score (nSPS) is 10.9. The third kappa shape index (κ3) is 2.24. The van der Waals surface area contributed by atoms with Crippen LogP contribution in [0.1, 0.15) is 17.0 Å². The second kappa shape index (κ2) is 4.78. The highest BCUT2D eigenvalue weighted by molar-refractivity contribution is 9.10. The molecular formula is C12H11BrClFN2. The number of aryl methyl sites for hydroxylation is 1. The van der Waals surface area contributed by atoms with Crippen molar-refractivity contribution in [3.63, 3.8) is 0 Å². The summed E-state index contributed by atoms with van der Waals surface area (Å²) in [5.74, 6) is -0.0340. The molecule has 0 saturated carbocycles. The molecule has 0 saturated heterocycles. The fourth-order valence-corrected chi connectivity index (χ4v) is 2.19. The first-order valence-corrected chi connectivity index (χ1v) is 6.44. The fraction of sp³-hybridized carbons (Fsp3) is 0.250. The van der Waals surface area contributed by atoms with Gasteiger partial charge in [0.2, 0.25) is 0 Å². The molecule has 0 unspecified atom stereocenters. The molecule has 2 rings (SSSR count). The van der Waals surface area contributed by atoms with Crippen LogP contribution >= 0.6 is 27.5 Å². The van der Waals surface area contributed by atoms with Gasteiger partial charge in [-0.3, -0.25) is 0 Å². The minimum atomic E-state index is -0.287. The summed E-state index contributed by atoms with van der Waals surface area (Å²) in [6.45, 7) is 3.86. The van der Waals surface area contributed by atoms with Gasteiger partial charge in [0.15, 0.2) is 0 Å². The van der Waals surface area contributed by atoms with Crippen molar-refractivity contribution in [3.8, 4) is 5.69 Å². The molecule has 0 radical (unpaired) electrons. The van der Waals surface area contributed by atoms with E-state index < -0.39 is 0 Å². The van der Waals surface area contributed by atoms with Crippen LogP contribution in [0.5, 0.6) is 0 Å². The maximum Gasteiger partial charge on any atom is 0.123 e. The van der Waals surface area contributed by atoms with E-state index in [1.165, 1.54) is 12.1 Å². The van der Waals surface area contributed by atoms with Crippen molar-refractivity contribution < 1.29 is 4.39 Å². The highest BCUT2D eigenvalue weighted by atomic mass is 79.9. The lowest BCUT2D eigenvalue weighted by Gasteiger charge is -2.09. The van der Waals surface area contributed by atoms with Gasteiger partial charge in [0.25, 0.3) is 0 Å². The third-order valence-electron chi connectivity index (χ3n) is 2.62. The van der Waals surface area contributed by atoms with Gasteiger partial charge in [-0.25, -0.2) is 9.07 Å². The minimum absolute atomic E-state index is 0.253. The van der Waals surface area contributed by atoms with Crippen molar-refractivity contribution in [1.82, 2.24) is 9.78 Å². The fourth-order valence-electron chi connectivity index (χ4n) is 1.73. The average molecular weight is 318 g/mol. The van der Waals surface area contributed by atoms with Crippen molar-refractivity contribution in [1.29, 1.82) is 0 Å². The smallest absolute Gasteiger partial charge is 0.123 e. The summed E-state index contributed by atoms with van der Waals surface area (Å²) >= 11 is 9.30. The lowest BCUT2D eigenvalue weighted by Crippen LogP contribution is -2.03. The standard InChI is InChI=1S/C12H11BrClFN2/c1-7-12(13)8(2)17(16-7)11-4-3-10(15)5-9(11)6-14/h3-5H,6H2,1-2H3. The van der Waals surface area contributed by atoms with E-state index in [2.05, 4.69) is 21.0 Å². The molecule has 0 atom stereocenters. The number of nitrogens with zero attached hydrogens (tertiary/aromatic N) is 2. The number of alkyl halides is 1. The Hall–Kier alpha value is -0.870. The van der Waals surface area contributed by atoms with E-state index in [9.17, 15) is 4.39 Å². The predicted molar refractivity (Wildman–Crippen MR) is 70.3 cm³/mol. The Balaban J connectivity index is 2.64. The molecule has 0 aliphatic carbocycles. The van der Waals surface area contributed by atoms with Gasteiger partial charge in [-0.05, 0) is 53.5 Å². The lowest BCUT2D eigenvalue weighted by molar-refractivity contribution is 0.625. The molecule has 0 amide bonds. The monoisotopic (exact) mass is 316 g/mol. The molecule has 5 heteroatoms. The van der Waals surface area contributed by atoms with E-state index >= 15 is 0 Å². The van der Waals surface area contributed by atoms with Crippen LogP contribution in [0.4, 0.5) is 4.39 Å². The molecule has 17 heavy (non-hydrogen) atoms. The summed E-state index contributed by atoms with van der Waals surface area (Å²) in [7, 11) is 0. The number of rotatable bonds is 2. The van der Waals surface area contributed by atoms with Gasteiger partial charge < -0.3 is 0 Å². The number of hydrogen-bond donors (Lipinski definition) is 0. The van der Waals surface area contributed by atoms with Crippen LogP contribution < -0.4 is 0 Å². The van der Waals surface area contributed by atoms with Gasteiger partial charge in [-0.15, -0.1) is 11.6 Å². The van der Waals surface area contributed by atoms with Crippen LogP contribution in [0.2, 0.25) is 0 Å². The first-order valence-electron chi connectivity index (χ1n) is 5.11. The van der Waals surface area contributed by atoms with Crippen LogP contribution in [0, 0.1) is 19.7 Å². The van der Waals surface area contributed by atoms with Crippen molar-refractivity contribution in [2.24, 2.45) is 0 Å². The number of hydrogen-bond acceptors (Lipinski definition) is 1. The minimum Gasteiger partial charge on any atom is -0.236 e. The Morgan fingerprint density at radius 2 is 2.12 bits per heavy atom. The zero-order chi connectivity index (χ0) is 12.6. The summed E-state index contributed by atoms with van der Waals surface area (Å²) < 4.78 is 15.9. The molecule has 0 N–H and O–H groups in total. The highest BCUT2D eigenvalue weighted by Gasteiger charge is 2.13. The second-order valence-corrected chi connectivity index (χ2v) is 4.86. The number of benzene rings is 1. The van der Waals surface area contributed by atoms with Crippen LogP contribution in [-0.2, 0) is 5.88 Å². The summed E-state index contributed by atoms with van der Waals surface area (Å²) in [5.41, 5.74) is 3.41. The molecular weight excluding hydrogens is 307 g/mol. The van der Waals surface area contributed by atoms with E-state index in [0.717, 1.165) is 27.1 Å².